The number of anilines is 1. The smallest absolute Gasteiger partial charge is 0.270 e. The van der Waals surface area contributed by atoms with Gasteiger partial charge in [-0.1, -0.05) is 0 Å². The van der Waals surface area contributed by atoms with Crippen LogP contribution in [0.4, 0.5) is 5.82 Å². The standard InChI is InChI=1S/C9H13N3O3S/c1-3-13-4-2-12(1)8-9(11-16-10-8)15-6-7-5-14-7/h7H,1-6H2. The van der Waals surface area contributed by atoms with E-state index in [0.717, 1.165) is 38.7 Å². The quantitative estimate of drug-likeness (QED) is 0.702. The lowest BCUT2D eigenvalue weighted by molar-refractivity contribution is 0.122. The Balaban J connectivity index is 1.65. The molecule has 0 aliphatic carbocycles. The Morgan fingerprint density at radius 2 is 2.19 bits per heavy atom. The zero-order valence-corrected chi connectivity index (χ0v) is 9.61. The maximum atomic E-state index is 5.58. The second kappa shape index (κ2) is 4.52. The second-order valence-corrected chi connectivity index (χ2v) is 4.29. The molecule has 1 aromatic heterocycles. The molecule has 2 fully saturated rings. The summed E-state index contributed by atoms with van der Waals surface area (Å²) in [6, 6.07) is 0. The first-order valence-electron chi connectivity index (χ1n) is 5.33. The summed E-state index contributed by atoms with van der Waals surface area (Å²) < 4.78 is 24.4. The van der Waals surface area contributed by atoms with E-state index in [0.29, 0.717) is 12.5 Å². The zero-order valence-electron chi connectivity index (χ0n) is 8.79. The summed E-state index contributed by atoms with van der Waals surface area (Å²) in [6.07, 6.45) is 0.249. The number of rotatable bonds is 4. The summed E-state index contributed by atoms with van der Waals surface area (Å²) in [7, 11) is 0. The molecule has 1 aromatic rings. The van der Waals surface area contributed by atoms with Crippen LogP contribution in [0.15, 0.2) is 0 Å². The van der Waals surface area contributed by atoms with Crippen LogP contribution in [0.3, 0.4) is 0 Å². The fourth-order valence-corrected chi connectivity index (χ4v) is 2.09. The van der Waals surface area contributed by atoms with Crippen molar-refractivity contribution in [3.8, 4) is 5.88 Å². The van der Waals surface area contributed by atoms with Crippen LogP contribution in [0.2, 0.25) is 0 Å². The highest BCUT2D eigenvalue weighted by atomic mass is 32.1. The van der Waals surface area contributed by atoms with E-state index in [1.165, 1.54) is 11.7 Å². The SMILES string of the molecule is C1CN(c2nsnc2OCC2CO2)CCO1. The molecule has 2 aliphatic rings. The molecule has 0 amide bonds. The Morgan fingerprint density at radius 3 is 2.94 bits per heavy atom. The fraction of sp³-hybridized carbons (Fsp3) is 0.778. The molecule has 3 rings (SSSR count). The summed E-state index contributed by atoms with van der Waals surface area (Å²) in [5.74, 6) is 1.47. The molecule has 6 nitrogen and oxygen atoms in total. The van der Waals surface area contributed by atoms with Gasteiger partial charge in [-0.15, -0.1) is 4.37 Å². The molecule has 0 bridgehead atoms. The third-order valence-corrected chi connectivity index (χ3v) is 3.06. The van der Waals surface area contributed by atoms with Crippen molar-refractivity contribution in [3.63, 3.8) is 0 Å². The van der Waals surface area contributed by atoms with Crippen LogP contribution in [0.1, 0.15) is 0 Å². The average molecular weight is 243 g/mol. The lowest BCUT2D eigenvalue weighted by Gasteiger charge is -2.26. The highest BCUT2D eigenvalue weighted by Crippen LogP contribution is 2.27. The maximum absolute atomic E-state index is 5.58. The van der Waals surface area contributed by atoms with Crippen LogP contribution in [-0.2, 0) is 9.47 Å². The highest BCUT2D eigenvalue weighted by Gasteiger charge is 2.26. The molecule has 0 radical (unpaired) electrons. The molecule has 3 heterocycles. The Hall–Kier alpha value is -0.920. The minimum absolute atomic E-state index is 0.249. The van der Waals surface area contributed by atoms with Crippen LogP contribution in [-0.4, -0.2) is 54.4 Å². The van der Waals surface area contributed by atoms with Gasteiger partial charge in [-0.2, -0.15) is 4.37 Å². The normalized spacial score (nSPS) is 24.5. The van der Waals surface area contributed by atoms with Gasteiger partial charge in [-0.05, 0) is 0 Å². The van der Waals surface area contributed by atoms with Gasteiger partial charge in [0, 0.05) is 13.1 Å². The molecular weight excluding hydrogens is 230 g/mol. The van der Waals surface area contributed by atoms with Gasteiger partial charge in [0.15, 0.2) is 0 Å². The molecule has 16 heavy (non-hydrogen) atoms. The molecule has 2 saturated heterocycles. The molecule has 1 unspecified atom stereocenters. The van der Waals surface area contributed by atoms with Gasteiger partial charge in [0.1, 0.15) is 12.7 Å². The number of ether oxygens (including phenoxy) is 3. The molecule has 2 aliphatic heterocycles. The summed E-state index contributed by atoms with van der Waals surface area (Å²) in [5, 5.41) is 0. The van der Waals surface area contributed by atoms with E-state index in [2.05, 4.69) is 13.6 Å². The number of hydrogen-bond donors (Lipinski definition) is 0. The van der Waals surface area contributed by atoms with Gasteiger partial charge in [0.2, 0.25) is 5.82 Å². The van der Waals surface area contributed by atoms with Gasteiger partial charge >= 0.3 is 0 Å². The van der Waals surface area contributed by atoms with Crippen LogP contribution in [0.25, 0.3) is 0 Å². The summed E-state index contributed by atoms with van der Waals surface area (Å²) in [5.41, 5.74) is 0. The van der Waals surface area contributed by atoms with E-state index in [1.54, 1.807) is 0 Å². The molecule has 0 spiro atoms. The van der Waals surface area contributed by atoms with Crippen molar-refractivity contribution in [2.45, 2.75) is 6.10 Å². The first-order chi connectivity index (χ1) is 7.93. The van der Waals surface area contributed by atoms with Crippen molar-refractivity contribution in [1.29, 1.82) is 0 Å². The van der Waals surface area contributed by atoms with Crippen LogP contribution >= 0.6 is 11.7 Å². The van der Waals surface area contributed by atoms with Crippen LogP contribution < -0.4 is 9.64 Å². The van der Waals surface area contributed by atoms with E-state index in [9.17, 15) is 0 Å². The van der Waals surface area contributed by atoms with Crippen LogP contribution in [0, 0.1) is 0 Å². The van der Waals surface area contributed by atoms with E-state index >= 15 is 0 Å². The van der Waals surface area contributed by atoms with E-state index in [-0.39, 0.29) is 6.10 Å². The minimum Gasteiger partial charge on any atom is -0.472 e. The van der Waals surface area contributed by atoms with Crippen molar-refractivity contribution in [2.24, 2.45) is 0 Å². The Labute approximate surface area is 97.4 Å². The van der Waals surface area contributed by atoms with Crippen molar-refractivity contribution in [3.05, 3.63) is 0 Å². The Kier molecular flexibility index (Phi) is 2.90. The number of nitrogens with zero attached hydrogens (tertiary/aromatic N) is 3. The molecule has 0 N–H and O–H groups in total. The average Bonchev–Trinajstić information content (AvgIpc) is 3.05. The number of morpholine rings is 1. The predicted molar refractivity (Wildman–Crippen MR) is 58.2 cm³/mol. The molecule has 1 atom stereocenters. The molecule has 0 saturated carbocycles. The second-order valence-electron chi connectivity index (χ2n) is 3.76. The van der Waals surface area contributed by atoms with Gasteiger partial charge in [-0.25, -0.2) is 0 Å². The van der Waals surface area contributed by atoms with Crippen molar-refractivity contribution in [2.75, 3.05) is 44.4 Å². The summed E-state index contributed by atoms with van der Waals surface area (Å²) in [4.78, 5) is 2.15. The van der Waals surface area contributed by atoms with Gasteiger partial charge in [0.05, 0.1) is 31.5 Å². The van der Waals surface area contributed by atoms with E-state index in [1.807, 2.05) is 0 Å². The fourth-order valence-electron chi connectivity index (χ4n) is 1.57. The number of hydrogen-bond acceptors (Lipinski definition) is 7. The van der Waals surface area contributed by atoms with Gasteiger partial charge in [-0.3, -0.25) is 0 Å². The van der Waals surface area contributed by atoms with Crippen molar-refractivity contribution >= 4 is 17.5 Å². The molecule has 7 heteroatoms. The van der Waals surface area contributed by atoms with E-state index < -0.39 is 0 Å². The largest absolute Gasteiger partial charge is 0.472 e. The number of aromatic nitrogens is 2. The minimum atomic E-state index is 0.249. The Morgan fingerprint density at radius 1 is 1.38 bits per heavy atom. The monoisotopic (exact) mass is 243 g/mol. The summed E-state index contributed by atoms with van der Waals surface area (Å²) in [6.45, 7) is 4.54. The maximum Gasteiger partial charge on any atom is 0.270 e. The third kappa shape index (κ3) is 2.26. The van der Waals surface area contributed by atoms with Crippen LogP contribution in [0.5, 0.6) is 5.88 Å². The predicted octanol–water partition coefficient (Wildman–Crippen LogP) is 0.152. The van der Waals surface area contributed by atoms with Gasteiger partial charge < -0.3 is 19.1 Å². The first-order valence-corrected chi connectivity index (χ1v) is 6.06. The lowest BCUT2D eigenvalue weighted by atomic mass is 10.4. The van der Waals surface area contributed by atoms with Gasteiger partial charge in [0.25, 0.3) is 5.88 Å². The zero-order chi connectivity index (χ0) is 10.8. The van der Waals surface area contributed by atoms with E-state index in [4.69, 9.17) is 14.2 Å². The molecule has 88 valence electrons. The summed E-state index contributed by atoms with van der Waals surface area (Å²) >= 11 is 1.18. The third-order valence-electron chi connectivity index (χ3n) is 2.56. The lowest BCUT2D eigenvalue weighted by Crippen LogP contribution is -2.36. The molecule has 0 aromatic carbocycles. The topological polar surface area (TPSA) is 60.0 Å². The van der Waals surface area contributed by atoms with Crippen molar-refractivity contribution < 1.29 is 14.2 Å². The number of epoxide rings is 1. The first kappa shape index (κ1) is 10.2. The Bertz CT molecular complexity index is 350. The highest BCUT2D eigenvalue weighted by molar-refractivity contribution is 6.99. The van der Waals surface area contributed by atoms with Crippen molar-refractivity contribution in [1.82, 2.24) is 8.75 Å². The molecular formula is C9H13N3O3S.